The summed E-state index contributed by atoms with van der Waals surface area (Å²) in [6.45, 7) is 7.23. The van der Waals surface area contributed by atoms with Gasteiger partial charge < -0.3 is 14.7 Å². The minimum atomic E-state index is -0.476. The van der Waals surface area contributed by atoms with E-state index in [2.05, 4.69) is 10.1 Å². The number of rotatable bonds is 5. The molecule has 0 saturated carbocycles. The van der Waals surface area contributed by atoms with Crippen molar-refractivity contribution in [2.24, 2.45) is 5.16 Å². The van der Waals surface area contributed by atoms with Crippen LogP contribution in [0, 0.1) is 6.92 Å². The van der Waals surface area contributed by atoms with E-state index in [0.29, 0.717) is 17.7 Å². The molecule has 0 amide bonds. The van der Waals surface area contributed by atoms with Gasteiger partial charge in [-0.3, -0.25) is 4.90 Å². The second kappa shape index (κ2) is 7.91. The third kappa shape index (κ3) is 4.82. The van der Waals surface area contributed by atoms with Gasteiger partial charge in [0.2, 0.25) is 0 Å². The number of nitrogens with zero attached hydrogens (tertiary/aromatic N) is 2. The van der Waals surface area contributed by atoms with E-state index >= 15 is 0 Å². The summed E-state index contributed by atoms with van der Waals surface area (Å²) in [5.74, 6) is -0.338. The number of oxime groups is 1. The minimum absolute atomic E-state index is 0.137. The average Bonchev–Trinajstić information content (AvgIpc) is 2.51. The number of ether oxygens (including phenoxy) is 1. The molecule has 1 aromatic rings. The van der Waals surface area contributed by atoms with Gasteiger partial charge in [0.25, 0.3) is 0 Å². The molecular weight excluding hydrogens is 284 g/mol. The highest BCUT2D eigenvalue weighted by molar-refractivity contribution is 6.03. The number of aromatic hydroxyl groups is 1. The van der Waals surface area contributed by atoms with Crippen LogP contribution in [0.3, 0.4) is 0 Å². The maximum absolute atomic E-state index is 11.0. The van der Waals surface area contributed by atoms with Gasteiger partial charge in [-0.05, 0) is 19.1 Å². The van der Waals surface area contributed by atoms with Crippen molar-refractivity contribution in [3.63, 3.8) is 0 Å². The summed E-state index contributed by atoms with van der Waals surface area (Å²) in [7, 11) is 0. The lowest BCUT2D eigenvalue weighted by molar-refractivity contribution is -0.140. The van der Waals surface area contributed by atoms with Crippen LogP contribution in [0.4, 0.5) is 0 Å². The highest BCUT2D eigenvalue weighted by atomic mass is 16.7. The van der Waals surface area contributed by atoms with Crippen LogP contribution in [-0.4, -0.2) is 54.5 Å². The molecule has 2 rings (SSSR count). The third-order valence-corrected chi connectivity index (χ3v) is 3.52. The van der Waals surface area contributed by atoms with Crippen LogP contribution in [0.5, 0.6) is 5.75 Å². The molecular formula is C16H22N2O4. The summed E-state index contributed by atoms with van der Waals surface area (Å²) >= 11 is 0. The maximum Gasteiger partial charge on any atom is 0.331 e. The van der Waals surface area contributed by atoms with E-state index in [9.17, 15) is 9.90 Å². The van der Waals surface area contributed by atoms with E-state index in [1.807, 2.05) is 19.1 Å². The molecule has 0 bridgehead atoms. The van der Waals surface area contributed by atoms with Crippen LogP contribution >= 0.6 is 0 Å². The van der Waals surface area contributed by atoms with Gasteiger partial charge in [-0.1, -0.05) is 16.8 Å². The zero-order valence-corrected chi connectivity index (χ0v) is 13.0. The van der Waals surface area contributed by atoms with Gasteiger partial charge in [0, 0.05) is 38.5 Å². The molecule has 0 atom stereocenters. The molecule has 6 nitrogen and oxygen atoms in total. The van der Waals surface area contributed by atoms with Crippen LogP contribution in [0.25, 0.3) is 0 Å². The Hall–Kier alpha value is -1.92. The van der Waals surface area contributed by atoms with E-state index in [-0.39, 0.29) is 5.75 Å². The fourth-order valence-electron chi connectivity index (χ4n) is 2.32. The molecule has 0 radical (unpaired) electrons. The molecule has 1 saturated heterocycles. The number of aryl methyl sites for hydroxylation is 1. The number of carbonyl (C=O) groups excluding carboxylic acids is 1. The average molecular weight is 306 g/mol. The molecule has 0 spiro atoms. The predicted octanol–water partition coefficient (Wildman–Crippen LogP) is 1.69. The van der Waals surface area contributed by atoms with Gasteiger partial charge in [-0.15, -0.1) is 0 Å². The van der Waals surface area contributed by atoms with Gasteiger partial charge in [0.1, 0.15) is 5.75 Å². The quantitative estimate of drug-likeness (QED) is 0.509. The molecule has 22 heavy (non-hydrogen) atoms. The van der Waals surface area contributed by atoms with E-state index in [4.69, 9.17) is 9.57 Å². The zero-order valence-electron chi connectivity index (χ0n) is 13.0. The van der Waals surface area contributed by atoms with E-state index in [0.717, 1.165) is 38.4 Å². The Morgan fingerprint density at radius 2 is 2.14 bits per heavy atom. The maximum atomic E-state index is 11.0. The van der Waals surface area contributed by atoms with E-state index in [1.165, 1.54) is 6.92 Å². The van der Waals surface area contributed by atoms with Crippen LogP contribution < -0.4 is 0 Å². The van der Waals surface area contributed by atoms with Crippen molar-refractivity contribution >= 4 is 11.7 Å². The fraction of sp³-hybridized carbons (Fsp3) is 0.500. The predicted molar refractivity (Wildman–Crippen MR) is 83.0 cm³/mol. The van der Waals surface area contributed by atoms with Crippen molar-refractivity contribution < 1.29 is 19.5 Å². The van der Waals surface area contributed by atoms with Crippen LogP contribution in [0.2, 0.25) is 0 Å². The lowest BCUT2D eigenvalue weighted by Crippen LogP contribution is -2.37. The summed E-state index contributed by atoms with van der Waals surface area (Å²) in [5.41, 5.74) is 2.19. The van der Waals surface area contributed by atoms with Crippen molar-refractivity contribution in [2.75, 3.05) is 32.8 Å². The fourth-order valence-corrected chi connectivity index (χ4v) is 2.32. The number of benzene rings is 1. The topological polar surface area (TPSA) is 71.4 Å². The lowest BCUT2D eigenvalue weighted by Gasteiger charge is -2.26. The summed E-state index contributed by atoms with van der Waals surface area (Å²) in [4.78, 5) is 18.1. The van der Waals surface area contributed by atoms with Gasteiger partial charge >= 0.3 is 5.97 Å². The Labute approximate surface area is 130 Å². The summed E-state index contributed by atoms with van der Waals surface area (Å²) in [5, 5.41) is 14.0. The monoisotopic (exact) mass is 306 g/mol. The standard InChI is InChI=1S/C16H22N2O4/c1-12-3-4-16(20)14(11-12)15(17-22-13(2)19)5-6-18-7-9-21-10-8-18/h3-4,11,20H,5-10H2,1-2H3/b17-15-. The number of morpholine rings is 1. The van der Waals surface area contributed by atoms with Crippen molar-refractivity contribution in [3.8, 4) is 5.75 Å². The van der Waals surface area contributed by atoms with Crippen molar-refractivity contribution in [3.05, 3.63) is 29.3 Å². The first-order valence-corrected chi connectivity index (χ1v) is 7.41. The summed E-state index contributed by atoms with van der Waals surface area (Å²) in [6.07, 6.45) is 0.588. The number of hydrogen-bond acceptors (Lipinski definition) is 6. The first kappa shape index (κ1) is 16.5. The summed E-state index contributed by atoms with van der Waals surface area (Å²) in [6, 6.07) is 5.30. The molecule has 1 heterocycles. The molecule has 1 N–H and O–H groups in total. The Balaban J connectivity index is 2.13. The second-order valence-electron chi connectivity index (χ2n) is 5.35. The van der Waals surface area contributed by atoms with Crippen LogP contribution in [0.15, 0.2) is 23.4 Å². The number of carbonyl (C=O) groups is 1. The van der Waals surface area contributed by atoms with Gasteiger partial charge in [-0.2, -0.15) is 0 Å². The molecule has 0 aliphatic carbocycles. The molecule has 1 aliphatic rings. The third-order valence-electron chi connectivity index (χ3n) is 3.52. The molecule has 1 aromatic carbocycles. The van der Waals surface area contributed by atoms with Crippen LogP contribution in [-0.2, 0) is 14.4 Å². The second-order valence-corrected chi connectivity index (χ2v) is 5.35. The van der Waals surface area contributed by atoms with Gasteiger partial charge in [-0.25, -0.2) is 4.79 Å². The number of phenols is 1. The first-order chi connectivity index (χ1) is 10.6. The number of hydrogen-bond donors (Lipinski definition) is 1. The highest BCUT2D eigenvalue weighted by Crippen LogP contribution is 2.21. The molecule has 1 fully saturated rings. The lowest BCUT2D eigenvalue weighted by atomic mass is 10.0. The highest BCUT2D eigenvalue weighted by Gasteiger charge is 2.15. The Morgan fingerprint density at radius 3 is 2.82 bits per heavy atom. The Bertz CT molecular complexity index is 551. The van der Waals surface area contributed by atoms with Gasteiger partial charge in [0.15, 0.2) is 0 Å². The molecule has 1 aliphatic heterocycles. The number of phenolic OH excluding ortho intramolecular Hbond substituents is 1. The van der Waals surface area contributed by atoms with Crippen molar-refractivity contribution in [1.29, 1.82) is 0 Å². The van der Waals surface area contributed by atoms with E-state index in [1.54, 1.807) is 6.07 Å². The Morgan fingerprint density at radius 1 is 1.41 bits per heavy atom. The minimum Gasteiger partial charge on any atom is -0.507 e. The largest absolute Gasteiger partial charge is 0.507 e. The smallest absolute Gasteiger partial charge is 0.331 e. The first-order valence-electron chi connectivity index (χ1n) is 7.41. The van der Waals surface area contributed by atoms with Crippen molar-refractivity contribution in [1.82, 2.24) is 4.90 Å². The molecule has 0 aromatic heterocycles. The van der Waals surface area contributed by atoms with Gasteiger partial charge in [0.05, 0.1) is 18.9 Å². The zero-order chi connectivity index (χ0) is 15.9. The SMILES string of the molecule is CC(=O)O/N=C(/CCN1CCOCC1)c1cc(C)ccc1O. The molecule has 0 unspecified atom stereocenters. The Kier molecular flexibility index (Phi) is 5.91. The van der Waals surface area contributed by atoms with Crippen molar-refractivity contribution in [2.45, 2.75) is 20.3 Å². The normalized spacial score (nSPS) is 16.5. The summed E-state index contributed by atoms with van der Waals surface area (Å²) < 4.78 is 5.32. The molecule has 120 valence electrons. The molecule has 6 heteroatoms. The van der Waals surface area contributed by atoms with Crippen LogP contribution in [0.1, 0.15) is 24.5 Å². The van der Waals surface area contributed by atoms with E-state index < -0.39 is 5.97 Å².